The lowest BCUT2D eigenvalue weighted by Gasteiger charge is -2.37. The van der Waals surface area contributed by atoms with Crippen LogP contribution in [0.3, 0.4) is 0 Å². The van der Waals surface area contributed by atoms with Crippen LogP contribution in [-0.4, -0.2) is 38.3 Å². The standard InChI is InChI=1S/C37H77O6P/c1-3-5-7-9-11-13-15-17-19-20-22-24-26-28-30-32-34-37(36(39)35-38,43-44(40,41)42)33-31-29-27-25-23-21-18-16-14-12-10-8-6-4-2/h36,38-39H,3-35H2,1-2H3,(H2,40,41,42). The zero-order valence-corrected chi connectivity index (χ0v) is 30.4. The van der Waals surface area contributed by atoms with Crippen molar-refractivity contribution < 1.29 is 29.1 Å². The number of hydrogen-bond acceptors (Lipinski definition) is 4. The molecule has 0 aromatic heterocycles. The maximum absolute atomic E-state index is 11.9. The lowest BCUT2D eigenvalue weighted by atomic mass is 9.85. The molecule has 6 nitrogen and oxygen atoms in total. The zero-order chi connectivity index (χ0) is 32.6. The van der Waals surface area contributed by atoms with Crippen molar-refractivity contribution in [2.45, 2.75) is 231 Å². The molecule has 0 bridgehead atoms. The van der Waals surface area contributed by atoms with Crippen molar-refractivity contribution in [3.05, 3.63) is 0 Å². The number of phosphoric ester groups is 1. The highest BCUT2D eigenvalue weighted by Gasteiger charge is 2.43. The van der Waals surface area contributed by atoms with Crippen LogP contribution in [-0.2, 0) is 9.09 Å². The Morgan fingerprint density at radius 1 is 0.477 bits per heavy atom. The summed E-state index contributed by atoms with van der Waals surface area (Å²) in [5.41, 5.74) is -1.39. The molecule has 2 unspecified atom stereocenters. The van der Waals surface area contributed by atoms with Gasteiger partial charge in [0.2, 0.25) is 0 Å². The highest BCUT2D eigenvalue weighted by Crippen LogP contribution is 2.46. The Morgan fingerprint density at radius 2 is 0.705 bits per heavy atom. The Hall–Kier alpha value is 0.0300. The average molecular weight is 649 g/mol. The van der Waals surface area contributed by atoms with Crippen molar-refractivity contribution in [3.63, 3.8) is 0 Å². The van der Waals surface area contributed by atoms with E-state index >= 15 is 0 Å². The molecule has 0 aromatic rings. The SMILES string of the molecule is CCCCCCCCCCCCCCCCCCC(CCCCCCCCCCCCCCCC)(OP(=O)(O)O)C(O)CO. The van der Waals surface area contributed by atoms with Crippen LogP contribution >= 0.6 is 7.82 Å². The number of aliphatic hydroxyl groups excluding tert-OH is 2. The summed E-state index contributed by atoms with van der Waals surface area (Å²) < 4.78 is 17.1. The number of hydrogen-bond donors (Lipinski definition) is 4. The lowest BCUT2D eigenvalue weighted by molar-refractivity contribution is -0.0999. The quantitative estimate of drug-likeness (QED) is 0.0398. The summed E-state index contributed by atoms with van der Waals surface area (Å²) in [6.07, 6.45) is 36.8. The minimum absolute atomic E-state index is 0.358. The minimum Gasteiger partial charge on any atom is -0.394 e. The van der Waals surface area contributed by atoms with Gasteiger partial charge in [-0.3, -0.25) is 4.52 Å². The molecule has 0 saturated carbocycles. The molecule has 0 aliphatic rings. The van der Waals surface area contributed by atoms with Gasteiger partial charge in [0.1, 0.15) is 11.7 Å². The van der Waals surface area contributed by atoms with Crippen molar-refractivity contribution in [2.75, 3.05) is 6.61 Å². The van der Waals surface area contributed by atoms with Gasteiger partial charge in [0.15, 0.2) is 0 Å². The van der Waals surface area contributed by atoms with Crippen LogP contribution in [0.2, 0.25) is 0 Å². The van der Waals surface area contributed by atoms with E-state index in [4.69, 9.17) is 4.52 Å². The van der Waals surface area contributed by atoms with Gasteiger partial charge in [0, 0.05) is 0 Å². The third-order valence-corrected chi connectivity index (χ3v) is 10.1. The van der Waals surface area contributed by atoms with Crippen molar-refractivity contribution in [1.29, 1.82) is 0 Å². The van der Waals surface area contributed by atoms with Crippen molar-refractivity contribution in [3.8, 4) is 0 Å². The molecule has 44 heavy (non-hydrogen) atoms. The second-order valence-corrected chi connectivity index (χ2v) is 14.9. The summed E-state index contributed by atoms with van der Waals surface area (Å²) in [5, 5.41) is 20.4. The maximum atomic E-state index is 11.9. The zero-order valence-electron chi connectivity index (χ0n) is 29.5. The average Bonchev–Trinajstić information content (AvgIpc) is 2.99. The van der Waals surface area contributed by atoms with E-state index in [-0.39, 0.29) is 0 Å². The molecule has 0 heterocycles. The highest BCUT2D eigenvalue weighted by atomic mass is 31.2. The van der Waals surface area contributed by atoms with Crippen LogP contribution in [0.5, 0.6) is 0 Å². The number of phosphoric acid groups is 1. The Kier molecular flexibility index (Phi) is 31.6. The number of rotatable bonds is 36. The van der Waals surface area contributed by atoms with E-state index in [0.29, 0.717) is 12.8 Å². The predicted octanol–water partition coefficient (Wildman–Crippen LogP) is 11.7. The van der Waals surface area contributed by atoms with Crippen molar-refractivity contribution in [2.24, 2.45) is 0 Å². The van der Waals surface area contributed by atoms with Crippen LogP contribution in [0.25, 0.3) is 0 Å². The fourth-order valence-corrected chi connectivity index (χ4v) is 7.38. The molecular formula is C37H77O6P. The molecule has 2 atom stereocenters. The van der Waals surface area contributed by atoms with Gasteiger partial charge in [-0.2, -0.15) is 0 Å². The van der Waals surface area contributed by atoms with Gasteiger partial charge in [-0.05, 0) is 12.8 Å². The summed E-state index contributed by atoms with van der Waals surface area (Å²) in [6, 6.07) is 0. The normalized spacial score (nSPS) is 14.2. The van der Waals surface area contributed by atoms with E-state index < -0.39 is 26.1 Å². The molecule has 0 aliphatic heterocycles. The first-order valence-electron chi connectivity index (χ1n) is 19.4. The lowest BCUT2D eigenvalue weighted by Crippen LogP contribution is -2.46. The van der Waals surface area contributed by atoms with E-state index in [9.17, 15) is 24.6 Å². The Bertz CT molecular complexity index is 627. The van der Waals surface area contributed by atoms with Crippen LogP contribution in [0.1, 0.15) is 219 Å². The van der Waals surface area contributed by atoms with Crippen LogP contribution in [0, 0.1) is 0 Å². The van der Waals surface area contributed by atoms with Crippen LogP contribution in [0.15, 0.2) is 0 Å². The molecule has 0 fully saturated rings. The monoisotopic (exact) mass is 649 g/mol. The predicted molar refractivity (Wildman–Crippen MR) is 188 cm³/mol. The summed E-state index contributed by atoms with van der Waals surface area (Å²) in [4.78, 5) is 19.3. The van der Waals surface area contributed by atoms with Crippen LogP contribution < -0.4 is 0 Å². The summed E-state index contributed by atoms with van der Waals surface area (Å²) in [5.74, 6) is 0. The van der Waals surface area contributed by atoms with Gasteiger partial charge in [0.05, 0.1) is 6.61 Å². The van der Waals surface area contributed by atoms with E-state index in [2.05, 4.69) is 13.8 Å². The third kappa shape index (κ3) is 28.3. The van der Waals surface area contributed by atoms with E-state index in [1.165, 1.54) is 154 Å². The molecule has 0 spiro atoms. The van der Waals surface area contributed by atoms with Gasteiger partial charge in [0.25, 0.3) is 0 Å². The fraction of sp³-hybridized carbons (Fsp3) is 1.00. The number of aliphatic hydroxyl groups is 2. The molecule has 0 amide bonds. The molecule has 7 heteroatoms. The minimum atomic E-state index is -4.80. The van der Waals surface area contributed by atoms with E-state index in [1.807, 2.05) is 0 Å². The maximum Gasteiger partial charge on any atom is 0.470 e. The Labute approximate surface area is 274 Å². The van der Waals surface area contributed by atoms with E-state index in [1.54, 1.807) is 0 Å². The first-order valence-corrected chi connectivity index (χ1v) is 20.9. The topological polar surface area (TPSA) is 107 Å². The second kappa shape index (κ2) is 31.6. The molecule has 4 N–H and O–H groups in total. The summed E-state index contributed by atoms with van der Waals surface area (Å²) >= 11 is 0. The molecule has 0 aliphatic carbocycles. The molecule has 0 rings (SSSR count). The van der Waals surface area contributed by atoms with Gasteiger partial charge >= 0.3 is 7.82 Å². The molecule has 266 valence electrons. The summed E-state index contributed by atoms with van der Waals surface area (Å²) in [6.45, 7) is 3.97. The first kappa shape index (κ1) is 44.0. The van der Waals surface area contributed by atoms with Gasteiger partial charge < -0.3 is 20.0 Å². The molecular weight excluding hydrogens is 571 g/mol. The largest absolute Gasteiger partial charge is 0.470 e. The first-order chi connectivity index (χ1) is 21.3. The Balaban J connectivity index is 4.13. The second-order valence-electron chi connectivity index (χ2n) is 13.7. The van der Waals surface area contributed by atoms with Crippen molar-refractivity contribution in [1.82, 2.24) is 0 Å². The Morgan fingerprint density at radius 3 is 0.909 bits per heavy atom. The summed E-state index contributed by atoms with van der Waals surface area (Å²) in [7, 11) is -4.80. The number of unbranched alkanes of at least 4 members (excludes halogenated alkanes) is 28. The molecule has 0 saturated heterocycles. The molecule has 0 radical (unpaired) electrons. The van der Waals surface area contributed by atoms with Gasteiger partial charge in [-0.1, -0.05) is 206 Å². The highest BCUT2D eigenvalue weighted by molar-refractivity contribution is 7.46. The van der Waals surface area contributed by atoms with Gasteiger partial charge in [-0.25, -0.2) is 4.57 Å². The van der Waals surface area contributed by atoms with Crippen LogP contribution in [0.4, 0.5) is 0 Å². The smallest absolute Gasteiger partial charge is 0.394 e. The fourth-order valence-electron chi connectivity index (χ4n) is 6.60. The third-order valence-electron chi connectivity index (χ3n) is 9.49. The van der Waals surface area contributed by atoms with Crippen molar-refractivity contribution >= 4 is 7.82 Å². The van der Waals surface area contributed by atoms with E-state index in [0.717, 1.165) is 38.5 Å². The molecule has 0 aromatic carbocycles. The van der Waals surface area contributed by atoms with Gasteiger partial charge in [-0.15, -0.1) is 0 Å².